The number of aliphatic hydroxyl groups is 1. The van der Waals surface area contributed by atoms with Crippen molar-refractivity contribution in [1.82, 2.24) is 10.3 Å². The molecule has 2 atom stereocenters. The van der Waals surface area contributed by atoms with Gasteiger partial charge in [0.15, 0.2) is 0 Å². The van der Waals surface area contributed by atoms with E-state index in [0.717, 1.165) is 11.4 Å². The highest BCUT2D eigenvalue weighted by Gasteiger charge is 2.12. The average Bonchev–Trinajstić information content (AvgIpc) is 2.66. The van der Waals surface area contributed by atoms with Crippen LogP contribution in [0.5, 0.6) is 0 Å². The molecule has 4 heteroatoms. The Morgan fingerprint density at radius 1 is 1.69 bits per heavy atom. The van der Waals surface area contributed by atoms with Crippen molar-refractivity contribution in [2.75, 3.05) is 6.61 Å². The first kappa shape index (κ1) is 10.6. The van der Waals surface area contributed by atoms with E-state index in [1.807, 2.05) is 5.38 Å². The lowest BCUT2D eigenvalue weighted by molar-refractivity contribution is 0.230. The maximum absolute atomic E-state index is 8.99. The van der Waals surface area contributed by atoms with Gasteiger partial charge in [0.25, 0.3) is 0 Å². The van der Waals surface area contributed by atoms with Crippen molar-refractivity contribution >= 4 is 11.3 Å². The second-order valence-electron chi connectivity index (χ2n) is 3.05. The molecule has 13 heavy (non-hydrogen) atoms. The molecule has 0 aliphatic heterocycles. The third kappa shape index (κ3) is 3.06. The summed E-state index contributed by atoms with van der Waals surface area (Å²) in [6.45, 7) is 4.31. The van der Waals surface area contributed by atoms with Gasteiger partial charge < -0.3 is 10.4 Å². The molecule has 0 saturated heterocycles. The molecule has 0 aliphatic carbocycles. The summed E-state index contributed by atoms with van der Waals surface area (Å²) in [5.74, 6) is 0. The summed E-state index contributed by atoms with van der Waals surface area (Å²) in [7, 11) is 0. The summed E-state index contributed by atoms with van der Waals surface area (Å²) in [4.78, 5) is 4.21. The molecule has 2 N–H and O–H groups in total. The van der Waals surface area contributed by atoms with Gasteiger partial charge in [0, 0.05) is 17.6 Å². The Kier molecular flexibility index (Phi) is 4.35. The third-order valence-electron chi connectivity index (χ3n) is 2.02. The standard InChI is InChI=1S/C9H16N2OS/c1-3-8(6-12)11-7(2)9-10-4-5-13-9/h4-5,7-8,11-12H,3,6H2,1-2H3/t7?,8-/m1/s1. The molecule has 0 spiro atoms. The number of hydrogen-bond acceptors (Lipinski definition) is 4. The zero-order chi connectivity index (χ0) is 9.68. The Hall–Kier alpha value is -0.450. The van der Waals surface area contributed by atoms with E-state index in [1.54, 1.807) is 17.5 Å². The Balaban J connectivity index is 2.45. The van der Waals surface area contributed by atoms with Gasteiger partial charge in [-0.15, -0.1) is 11.3 Å². The fourth-order valence-corrected chi connectivity index (χ4v) is 1.83. The van der Waals surface area contributed by atoms with Crippen LogP contribution in [0.2, 0.25) is 0 Å². The predicted octanol–water partition coefficient (Wildman–Crippen LogP) is 1.56. The molecule has 3 nitrogen and oxygen atoms in total. The number of nitrogens with one attached hydrogen (secondary N) is 1. The largest absolute Gasteiger partial charge is 0.395 e. The normalized spacial score (nSPS) is 15.6. The summed E-state index contributed by atoms with van der Waals surface area (Å²) >= 11 is 1.64. The lowest BCUT2D eigenvalue weighted by Gasteiger charge is -2.18. The molecule has 74 valence electrons. The first-order chi connectivity index (χ1) is 6.27. The third-order valence-corrected chi connectivity index (χ3v) is 2.98. The van der Waals surface area contributed by atoms with E-state index < -0.39 is 0 Å². The van der Waals surface area contributed by atoms with Gasteiger partial charge in [-0.2, -0.15) is 0 Å². The van der Waals surface area contributed by atoms with Crippen LogP contribution in [0.3, 0.4) is 0 Å². The molecule has 1 rings (SSSR count). The number of thiazole rings is 1. The van der Waals surface area contributed by atoms with Crippen molar-refractivity contribution < 1.29 is 5.11 Å². The number of nitrogens with zero attached hydrogens (tertiary/aromatic N) is 1. The maximum atomic E-state index is 8.99. The van der Waals surface area contributed by atoms with Crippen molar-refractivity contribution in [3.63, 3.8) is 0 Å². The molecule has 1 unspecified atom stereocenters. The molecular formula is C9H16N2OS. The van der Waals surface area contributed by atoms with E-state index in [4.69, 9.17) is 5.11 Å². The lowest BCUT2D eigenvalue weighted by atomic mass is 10.2. The summed E-state index contributed by atoms with van der Waals surface area (Å²) in [6.07, 6.45) is 2.74. The Morgan fingerprint density at radius 2 is 2.46 bits per heavy atom. The smallest absolute Gasteiger partial charge is 0.109 e. The summed E-state index contributed by atoms with van der Waals surface area (Å²) in [5.41, 5.74) is 0. The van der Waals surface area contributed by atoms with Crippen LogP contribution in [-0.4, -0.2) is 22.7 Å². The van der Waals surface area contributed by atoms with Crippen molar-refractivity contribution in [2.24, 2.45) is 0 Å². The minimum Gasteiger partial charge on any atom is -0.395 e. The van der Waals surface area contributed by atoms with Crippen LogP contribution in [-0.2, 0) is 0 Å². The van der Waals surface area contributed by atoms with E-state index >= 15 is 0 Å². The van der Waals surface area contributed by atoms with Gasteiger partial charge in [-0.1, -0.05) is 6.92 Å². The van der Waals surface area contributed by atoms with Crippen LogP contribution in [0.25, 0.3) is 0 Å². The summed E-state index contributed by atoms with van der Waals surface area (Å²) in [5, 5.41) is 15.4. The SMILES string of the molecule is CC[C@H](CO)NC(C)c1nccs1. The predicted molar refractivity (Wildman–Crippen MR) is 54.8 cm³/mol. The Morgan fingerprint density at radius 3 is 2.92 bits per heavy atom. The number of hydrogen-bond donors (Lipinski definition) is 2. The Bertz CT molecular complexity index is 222. The van der Waals surface area contributed by atoms with Gasteiger partial charge in [-0.3, -0.25) is 0 Å². The minimum absolute atomic E-state index is 0.180. The second-order valence-corrected chi connectivity index (χ2v) is 3.97. The highest BCUT2D eigenvalue weighted by molar-refractivity contribution is 7.09. The van der Waals surface area contributed by atoms with Crippen LogP contribution in [0.15, 0.2) is 11.6 Å². The fourth-order valence-electron chi connectivity index (χ4n) is 1.17. The lowest BCUT2D eigenvalue weighted by Crippen LogP contribution is -2.33. The summed E-state index contributed by atoms with van der Waals surface area (Å²) in [6, 6.07) is 0.413. The zero-order valence-corrected chi connectivity index (χ0v) is 8.84. The monoisotopic (exact) mass is 200 g/mol. The van der Waals surface area contributed by atoms with E-state index in [9.17, 15) is 0 Å². The van der Waals surface area contributed by atoms with Crippen molar-refractivity contribution in [3.05, 3.63) is 16.6 Å². The molecule has 0 aromatic carbocycles. The van der Waals surface area contributed by atoms with Crippen LogP contribution >= 0.6 is 11.3 Å². The molecule has 0 radical (unpaired) electrons. The van der Waals surface area contributed by atoms with Crippen LogP contribution in [0.1, 0.15) is 31.3 Å². The van der Waals surface area contributed by atoms with Gasteiger partial charge in [0.1, 0.15) is 5.01 Å². The fraction of sp³-hybridized carbons (Fsp3) is 0.667. The number of aliphatic hydroxyl groups excluding tert-OH is 1. The first-order valence-corrected chi connectivity index (χ1v) is 5.42. The average molecular weight is 200 g/mol. The quantitative estimate of drug-likeness (QED) is 0.758. The molecule has 0 amide bonds. The maximum Gasteiger partial charge on any atom is 0.109 e. The van der Waals surface area contributed by atoms with Gasteiger partial charge in [0.05, 0.1) is 12.6 Å². The molecule has 1 aromatic heterocycles. The first-order valence-electron chi connectivity index (χ1n) is 4.54. The molecule has 0 saturated carbocycles. The highest BCUT2D eigenvalue weighted by Crippen LogP contribution is 2.15. The van der Waals surface area contributed by atoms with Gasteiger partial charge in [-0.05, 0) is 13.3 Å². The van der Waals surface area contributed by atoms with Crippen molar-refractivity contribution in [1.29, 1.82) is 0 Å². The van der Waals surface area contributed by atoms with Crippen LogP contribution in [0, 0.1) is 0 Å². The van der Waals surface area contributed by atoms with Crippen LogP contribution < -0.4 is 5.32 Å². The highest BCUT2D eigenvalue weighted by atomic mass is 32.1. The minimum atomic E-state index is 0.180. The molecular weight excluding hydrogens is 184 g/mol. The summed E-state index contributed by atoms with van der Waals surface area (Å²) < 4.78 is 0. The second kappa shape index (κ2) is 5.32. The van der Waals surface area contributed by atoms with E-state index in [0.29, 0.717) is 0 Å². The molecule has 1 heterocycles. The van der Waals surface area contributed by atoms with Gasteiger partial charge in [-0.25, -0.2) is 4.98 Å². The molecule has 0 aliphatic rings. The van der Waals surface area contributed by atoms with E-state index in [1.165, 1.54) is 0 Å². The van der Waals surface area contributed by atoms with Gasteiger partial charge >= 0.3 is 0 Å². The molecule has 0 bridgehead atoms. The van der Waals surface area contributed by atoms with Gasteiger partial charge in [0.2, 0.25) is 0 Å². The number of aromatic nitrogens is 1. The van der Waals surface area contributed by atoms with Crippen molar-refractivity contribution in [2.45, 2.75) is 32.4 Å². The van der Waals surface area contributed by atoms with E-state index in [-0.39, 0.29) is 18.7 Å². The molecule has 0 fully saturated rings. The topological polar surface area (TPSA) is 45.1 Å². The Labute approximate surface area is 82.8 Å². The van der Waals surface area contributed by atoms with Crippen molar-refractivity contribution in [3.8, 4) is 0 Å². The zero-order valence-electron chi connectivity index (χ0n) is 8.03. The number of rotatable bonds is 5. The molecule has 1 aromatic rings. The van der Waals surface area contributed by atoms with E-state index in [2.05, 4.69) is 24.1 Å². The van der Waals surface area contributed by atoms with Crippen LogP contribution in [0.4, 0.5) is 0 Å².